The lowest BCUT2D eigenvalue weighted by atomic mass is 10.2. The number of amides is 1. The van der Waals surface area contributed by atoms with Crippen LogP contribution >= 0.6 is 11.3 Å². The minimum absolute atomic E-state index is 0.121. The summed E-state index contributed by atoms with van der Waals surface area (Å²) < 4.78 is 13.0. The summed E-state index contributed by atoms with van der Waals surface area (Å²) in [5.41, 5.74) is 2.44. The first-order valence-electron chi connectivity index (χ1n) is 8.95. The minimum atomic E-state index is -0.304. The van der Waals surface area contributed by atoms with Gasteiger partial charge in [0.15, 0.2) is 0 Å². The number of halogens is 1. The molecule has 2 heterocycles. The molecule has 2 N–H and O–H groups in total. The summed E-state index contributed by atoms with van der Waals surface area (Å²) in [5, 5.41) is 5.97. The standard InChI is InChI=1S/C22H17FN4OS/c23-16-6-8-17(9-7-16)26-22-24-13-12-18(27-22)19-10-11-20(29-19)21(28)25-14-15-4-2-1-3-5-15/h1-13H,14H2,(H,25,28)(H,24,26,27). The first-order valence-corrected chi connectivity index (χ1v) is 9.77. The van der Waals surface area contributed by atoms with Gasteiger partial charge < -0.3 is 10.6 Å². The number of benzene rings is 2. The summed E-state index contributed by atoms with van der Waals surface area (Å²) in [4.78, 5) is 22.6. The fourth-order valence-corrected chi connectivity index (χ4v) is 3.57. The lowest BCUT2D eigenvalue weighted by molar-refractivity contribution is 0.0955. The van der Waals surface area contributed by atoms with E-state index in [1.807, 2.05) is 36.4 Å². The molecule has 29 heavy (non-hydrogen) atoms. The molecule has 0 fully saturated rings. The van der Waals surface area contributed by atoms with Crippen molar-refractivity contribution in [3.8, 4) is 10.6 Å². The highest BCUT2D eigenvalue weighted by Crippen LogP contribution is 2.27. The molecule has 0 unspecified atom stereocenters. The van der Waals surface area contributed by atoms with E-state index < -0.39 is 0 Å². The molecule has 2 aromatic heterocycles. The van der Waals surface area contributed by atoms with Crippen LogP contribution in [-0.4, -0.2) is 15.9 Å². The number of aromatic nitrogens is 2. The van der Waals surface area contributed by atoms with Gasteiger partial charge in [-0.05, 0) is 48.0 Å². The summed E-state index contributed by atoms with van der Waals surface area (Å²) >= 11 is 1.37. The topological polar surface area (TPSA) is 66.9 Å². The highest BCUT2D eigenvalue weighted by Gasteiger charge is 2.11. The van der Waals surface area contributed by atoms with Crippen molar-refractivity contribution in [1.29, 1.82) is 0 Å². The average molecular weight is 404 g/mol. The predicted octanol–water partition coefficient (Wildman–Crippen LogP) is 5.02. The van der Waals surface area contributed by atoms with Crippen LogP contribution in [0.3, 0.4) is 0 Å². The molecule has 144 valence electrons. The highest BCUT2D eigenvalue weighted by molar-refractivity contribution is 7.17. The third-order valence-electron chi connectivity index (χ3n) is 4.13. The molecular formula is C22H17FN4OS. The second kappa shape index (κ2) is 8.62. The number of carbonyl (C=O) groups is 1. The maximum Gasteiger partial charge on any atom is 0.261 e. The Labute approximate surface area is 171 Å². The predicted molar refractivity (Wildman–Crippen MR) is 113 cm³/mol. The lowest BCUT2D eigenvalue weighted by Crippen LogP contribution is -2.21. The van der Waals surface area contributed by atoms with Gasteiger partial charge in [0.1, 0.15) is 5.82 Å². The number of thiophene rings is 1. The first kappa shape index (κ1) is 18.8. The second-order valence-electron chi connectivity index (χ2n) is 6.23. The van der Waals surface area contributed by atoms with Crippen molar-refractivity contribution in [2.24, 2.45) is 0 Å². The Morgan fingerprint density at radius 2 is 1.76 bits per heavy atom. The number of anilines is 2. The summed E-state index contributed by atoms with van der Waals surface area (Å²) in [7, 11) is 0. The Bertz CT molecular complexity index is 1110. The van der Waals surface area contributed by atoms with Crippen LogP contribution in [0.4, 0.5) is 16.0 Å². The van der Waals surface area contributed by atoms with E-state index in [0.717, 1.165) is 10.4 Å². The van der Waals surface area contributed by atoms with E-state index in [0.29, 0.717) is 28.8 Å². The monoisotopic (exact) mass is 404 g/mol. The van der Waals surface area contributed by atoms with E-state index in [4.69, 9.17) is 0 Å². The Morgan fingerprint density at radius 3 is 2.55 bits per heavy atom. The fraction of sp³-hybridized carbons (Fsp3) is 0.0455. The average Bonchev–Trinajstić information content (AvgIpc) is 3.25. The van der Waals surface area contributed by atoms with Gasteiger partial charge in [0, 0.05) is 18.4 Å². The number of carbonyl (C=O) groups excluding carboxylic acids is 1. The molecule has 0 saturated heterocycles. The highest BCUT2D eigenvalue weighted by atomic mass is 32.1. The molecule has 2 aromatic carbocycles. The normalized spacial score (nSPS) is 10.5. The third-order valence-corrected chi connectivity index (χ3v) is 5.24. The van der Waals surface area contributed by atoms with Crippen molar-refractivity contribution in [2.45, 2.75) is 6.54 Å². The molecule has 7 heteroatoms. The molecule has 1 amide bonds. The summed E-state index contributed by atoms with van der Waals surface area (Å²) in [6.07, 6.45) is 1.64. The Balaban J connectivity index is 1.44. The molecule has 4 rings (SSSR count). The Morgan fingerprint density at radius 1 is 0.966 bits per heavy atom. The second-order valence-corrected chi connectivity index (χ2v) is 7.31. The molecule has 0 spiro atoms. The van der Waals surface area contributed by atoms with Crippen molar-refractivity contribution in [1.82, 2.24) is 15.3 Å². The van der Waals surface area contributed by atoms with E-state index >= 15 is 0 Å². The third kappa shape index (κ3) is 4.83. The number of hydrogen-bond donors (Lipinski definition) is 2. The van der Waals surface area contributed by atoms with E-state index in [1.54, 1.807) is 30.5 Å². The zero-order valence-electron chi connectivity index (χ0n) is 15.3. The molecule has 0 aliphatic heterocycles. The smallest absolute Gasteiger partial charge is 0.261 e. The number of rotatable bonds is 6. The molecule has 0 bridgehead atoms. The van der Waals surface area contributed by atoms with Crippen molar-refractivity contribution in [2.75, 3.05) is 5.32 Å². The maximum atomic E-state index is 13.0. The van der Waals surface area contributed by atoms with Crippen LogP contribution in [0.2, 0.25) is 0 Å². The van der Waals surface area contributed by atoms with Crippen molar-refractivity contribution >= 4 is 28.9 Å². The molecule has 0 radical (unpaired) electrons. The molecule has 0 aliphatic rings. The minimum Gasteiger partial charge on any atom is -0.347 e. The van der Waals surface area contributed by atoms with E-state index in [1.165, 1.54) is 23.5 Å². The van der Waals surface area contributed by atoms with Crippen molar-refractivity contribution in [3.63, 3.8) is 0 Å². The van der Waals surface area contributed by atoms with Crippen LogP contribution in [0.15, 0.2) is 79.0 Å². The van der Waals surface area contributed by atoms with Gasteiger partial charge in [-0.1, -0.05) is 30.3 Å². The van der Waals surface area contributed by atoms with Gasteiger partial charge in [0.2, 0.25) is 5.95 Å². The molecule has 4 aromatic rings. The summed E-state index contributed by atoms with van der Waals surface area (Å²) in [6.45, 7) is 0.478. The Hall–Kier alpha value is -3.58. The van der Waals surface area contributed by atoms with Gasteiger partial charge in [0.25, 0.3) is 5.91 Å². The van der Waals surface area contributed by atoms with Crippen molar-refractivity contribution < 1.29 is 9.18 Å². The number of nitrogens with one attached hydrogen (secondary N) is 2. The van der Waals surface area contributed by atoms with Crippen LogP contribution < -0.4 is 10.6 Å². The number of nitrogens with zero attached hydrogens (tertiary/aromatic N) is 2. The lowest BCUT2D eigenvalue weighted by Gasteiger charge is -2.05. The van der Waals surface area contributed by atoms with Gasteiger partial charge in [-0.15, -0.1) is 11.3 Å². The van der Waals surface area contributed by atoms with Crippen LogP contribution in [0.1, 0.15) is 15.2 Å². The molecule has 0 atom stereocenters. The summed E-state index contributed by atoms with van der Waals surface area (Å²) in [6, 6.07) is 21.2. The zero-order chi connectivity index (χ0) is 20.1. The van der Waals surface area contributed by atoms with E-state index in [9.17, 15) is 9.18 Å². The van der Waals surface area contributed by atoms with Gasteiger partial charge in [-0.25, -0.2) is 14.4 Å². The van der Waals surface area contributed by atoms with Crippen LogP contribution in [0.25, 0.3) is 10.6 Å². The van der Waals surface area contributed by atoms with E-state index in [2.05, 4.69) is 20.6 Å². The zero-order valence-corrected chi connectivity index (χ0v) is 16.1. The van der Waals surface area contributed by atoms with Crippen LogP contribution in [0.5, 0.6) is 0 Å². The fourth-order valence-electron chi connectivity index (χ4n) is 2.68. The molecule has 0 saturated carbocycles. The summed E-state index contributed by atoms with van der Waals surface area (Å²) in [5.74, 6) is -0.0247. The first-order chi connectivity index (χ1) is 14.2. The van der Waals surface area contributed by atoms with Crippen LogP contribution in [-0.2, 0) is 6.54 Å². The SMILES string of the molecule is O=C(NCc1ccccc1)c1ccc(-c2ccnc(Nc3ccc(F)cc3)n2)s1. The number of hydrogen-bond acceptors (Lipinski definition) is 5. The largest absolute Gasteiger partial charge is 0.347 e. The van der Waals surface area contributed by atoms with Gasteiger partial charge in [-0.2, -0.15) is 0 Å². The van der Waals surface area contributed by atoms with Gasteiger partial charge in [-0.3, -0.25) is 4.79 Å². The Kier molecular flexibility index (Phi) is 5.58. The van der Waals surface area contributed by atoms with E-state index in [-0.39, 0.29) is 11.7 Å². The van der Waals surface area contributed by atoms with Crippen LogP contribution in [0, 0.1) is 5.82 Å². The molecule has 5 nitrogen and oxygen atoms in total. The molecule has 0 aliphatic carbocycles. The van der Waals surface area contributed by atoms with Gasteiger partial charge in [0.05, 0.1) is 15.4 Å². The van der Waals surface area contributed by atoms with Gasteiger partial charge >= 0.3 is 0 Å². The molecular weight excluding hydrogens is 387 g/mol. The van der Waals surface area contributed by atoms with Crippen molar-refractivity contribution in [3.05, 3.63) is 95.3 Å². The quantitative estimate of drug-likeness (QED) is 0.474. The maximum absolute atomic E-state index is 13.0.